The van der Waals surface area contributed by atoms with Crippen LogP contribution in [0.4, 0.5) is 0 Å². The molecule has 0 radical (unpaired) electrons. The molecule has 2 aliphatic rings. The molecule has 2 saturated heterocycles. The third kappa shape index (κ3) is 2.73. The van der Waals surface area contributed by atoms with Gasteiger partial charge in [0, 0.05) is 31.3 Å². The standard InChI is InChI=1S/C15H30N2O/c1-12-5-6-13(2)17(9-12)15(11-16)7-8-18-14(3,4)10-15/h12-13H,5-11,16H2,1-4H3. The van der Waals surface area contributed by atoms with Crippen LogP contribution in [0.15, 0.2) is 0 Å². The van der Waals surface area contributed by atoms with Gasteiger partial charge in [0.05, 0.1) is 5.60 Å². The van der Waals surface area contributed by atoms with Crippen LogP contribution in [0.5, 0.6) is 0 Å². The number of nitrogens with zero attached hydrogens (tertiary/aromatic N) is 1. The predicted molar refractivity (Wildman–Crippen MR) is 75.6 cm³/mol. The zero-order valence-electron chi connectivity index (χ0n) is 12.5. The summed E-state index contributed by atoms with van der Waals surface area (Å²) in [6.07, 6.45) is 4.82. The second-order valence-corrected chi connectivity index (χ2v) is 7.15. The highest BCUT2D eigenvalue weighted by molar-refractivity contribution is 5.02. The van der Waals surface area contributed by atoms with E-state index in [4.69, 9.17) is 10.5 Å². The van der Waals surface area contributed by atoms with E-state index < -0.39 is 0 Å². The topological polar surface area (TPSA) is 38.5 Å². The molecular weight excluding hydrogens is 224 g/mol. The number of ether oxygens (including phenoxy) is 1. The Labute approximate surface area is 112 Å². The quantitative estimate of drug-likeness (QED) is 0.822. The molecule has 0 saturated carbocycles. The lowest BCUT2D eigenvalue weighted by molar-refractivity contribution is -0.133. The molecule has 0 aromatic carbocycles. The summed E-state index contributed by atoms with van der Waals surface area (Å²) in [7, 11) is 0. The van der Waals surface area contributed by atoms with Crippen LogP contribution in [-0.2, 0) is 4.74 Å². The molecule has 0 amide bonds. The Balaban J connectivity index is 2.20. The number of hydrogen-bond donors (Lipinski definition) is 1. The fourth-order valence-electron chi connectivity index (χ4n) is 3.94. The van der Waals surface area contributed by atoms with Gasteiger partial charge in [-0.25, -0.2) is 0 Å². The number of piperidine rings is 1. The van der Waals surface area contributed by atoms with Gasteiger partial charge in [-0.1, -0.05) is 6.92 Å². The lowest BCUT2D eigenvalue weighted by Gasteiger charge is -2.55. The molecule has 2 rings (SSSR count). The van der Waals surface area contributed by atoms with Crippen molar-refractivity contribution < 1.29 is 4.74 Å². The monoisotopic (exact) mass is 254 g/mol. The summed E-state index contributed by atoms with van der Waals surface area (Å²) >= 11 is 0. The molecule has 2 heterocycles. The summed E-state index contributed by atoms with van der Waals surface area (Å²) in [5.41, 5.74) is 6.33. The lowest BCUT2D eigenvalue weighted by atomic mass is 9.77. The van der Waals surface area contributed by atoms with Gasteiger partial charge in [0.25, 0.3) is 0 Å². The van der Waals surface area contributed by atoms with Gasteiger partial charge in [-0.2, -0.15) is 0 Å². The highest BCUT2D eigenvalue weighted by Gasteiger charge is 2.46. The average molecular weight is 254 g/mol. The SMILES string of the molecule is CC1CCC(C)N(C2(CN)CCOC(C)(C)C2)C1. The first-order chi connectivity index (χ1) is 8.38. The molecule has 3 nitrogen and oxygen atoms in total. The molecule has 0 aromatic heterocycles. The van der Waals surface area contributed by atoms with Crippen molar-refractivity contribution in [2.45, 2.75) is 70.6 Å². The molecule has 2 aliphatic heterocycles. The summed E-state index contributed by atoms with van der Waals surface area (Å²) in [5.74, 6) is 0.801. The Morgan fingerprint density at radius 3 is 2.61 bits per heavy atom. The minimum atomic E-state index is -0.0297. The summed E-state index contributed by atoms with van der Waals surface area (Å²) in [4.78, 5) is 2.70. The van der Waals surface area contributed by atoms with Crippen molar-refractivity contribution in [3.63, 3.8) is 0 Å². The number of hydrogen-bond acceptors (Lipinski definition) is 3. The Hall–Kier alpha value is -0.120. The maximum absolute atomic E-state index is 6.20. The number of rotatable bonds is 2. The first-order valence-electron chi connectivity index (χ1n) is 7.49. The van der Waals surface area contributed by atoms with Crippen molar-refractivity contribution in [3.8, 4) is 0 Å². The molecule has 0 spiro atoms. The second kappa shape index (κ2) is 5.10. The molecule has 3 unspecified atom stereocenters. The van der Waals surface area contributed by atoms with E-state index in [2.05, 4.69) is 32.6 Å². The van der Waals surface area contributed by atoms with E-state index in [0.29, 0.717) is 6.04 Å². The molecule has 2 fully saturated rings. The molecule has 0 bridgehead atoms. The van der Waals surface area contributed by atoms with E-state index in [0.717, 1.165) is 31.9 Å². The van der Waals surface area contributed by atoms with Crippen LogP contribution in [0.25, 0.3) is 0 Å². The molecule has 2 N–H and O–H groups in total. The first kappa shape index (κ1) is 14.3. The van der Waals surface area contributed by atoms with Gasteiger partial charge in [-0.3, -0.25) is 4.90 Å². The van der Waals surface area contributed by atoms with Gasteiger partial charge in [0.1, 0.15) is 0 Å². The molecule has 0 aromatic rings. The molecule has 0 aliphatic carbocycles. The Kier molecular flexibility index (Phi) is 4.05. The Morgan fingerprint density at radius 2 is 2.00 bits per heavy atom. The van der Waals surface area contributed by atoms with Crippen LogP contribution in [-0.4, -0.2) is 41.8 Å². The van der Waals surface area contributed by atoms with Crippen LogP contribution >= 0.6 is 0 Å². The highest BCUT2D eigenvalue weighted by Crippen LogP contribution is 2.39. The molecule has 18 heavy (non-hydrogen) atoms. The Bertz CT molecular complexity index is 292. The second-order valence-electron chi connectivity index (χ2n) is 7.15. The summed E-state index contributed by atoms with van der Waals surface area (Å²) < 4.78 is 5.89. The van der Waals surface area contributed by atoms with Crippen molar-refractivity contribution in [2.75, 3.05) is 19.7 Å². The van der Waals surface area contributed by atoms with E-state index in [9.17, 15) is 0 Å². The minimum absolute atomic E-state index is 0.0297. The van der Waals surface area contributed by atoms with Gasteiger partial charge in [-0.15, -0.1) is 0 Å². The van der Waals surface area contributed by atoms with E-state index in [-0.39, 0.29) is 11.1 Å². The minimum Gasteiger partial charge on any atom is -0.375 e. The molecule has 106 valence electrons. The van der Waals surface area contributed by atoms with Gasteiger partial charge in [0.2, 0.25) is 0 Å². The number of nitrogens with two attached hydrogens (primary N) is 1. The van der Waals surface area contributed by atoms with Gasteiger partial charge in [-0.05, 0) is 52.4 Å². The molecular formula is C15H30N2O. The van der Waals surface area contributed by atoms with E-state index in [1.54, 1.807) is 0 Å². The summed E-state index contributed by atoms with van der Waals surface area (Å²) in [5, 5.41) is 0. The van der Waals surface area contributed by atoms with Crippen molar-refractivity contribution >= 4 is 0 Å². The highest BCUT2D eigenvalue weighted by atomic mass is 16.5. The third-order valence-corrected chi connectivity index (χ3v) is 4.92. The first-order valence-corrected chi connectivity index (χ1v) is 7.49. The van der Waals surface area contributed by atoms with Crippen molar-refractivity contribution in [1.29, 1.82) is 0 Å². The van der Waals surface area contributed by atoms with Crippen LogP contribution < -0.4 is 5.73 Å². The van der Waals surface area contributed by atoms with Crippen LogP contribution in [0, 0.1) is 5.92 Å². The summed E-state index contributed by atoms with van der Waals surface area (Å²) in [6, 6.07) is 0.665. The van der Waals surface area contributed by atoms with E-state index >= 15 is 0 Å². The van der Waals surface area contributed by atoms with Gasteiger partial charge < -0.3 is 10.5 Å². The van der Waals surface area contributed by atoms with Crippen molar-refractivity contribution in [2.24, 2.45) is 11.7 Å². The maximum Gasteiger partial charge on any atom is 0.0644 e. The van der Waals surface area contributed by atoms with Gasteiger partial charge in [0.15, 0.2) is 0 Å². The average Bonchev–Trinajstić information content (AvgIpc) is 2.31. The van der Waals surface area contributed by atoms with Crippen molar-refractivity contribution in [3.05, 3.63) is 0 Å². The third-order valence-electron chi connectivity index (χ3n) is 4.92. The van der Waals surface area contributed by atoms with E-state index in [1.165, 1.54) is 19.4 Å². The van der Waals surface area contributed by atoms with E-state index in [1.807, 2.05) is 0 Å². The zero-order chi connectivity index (χ0) is 13.4. The molecule has 3 heteroatoms. The lowest BCUT2D eigenvalue weighted by Crippen LogP contribution is -2.64. The largest absolute Gasteiger partial charge is 0.375 e. The van der Waals surface area contributed by atoms with Gasteiger partial charge >= 0.3 is 0 Å². The Morgan fingerprint density at radius 1 is 1.28 bits per heavy atom. The smallest absolute Gasteiger partial charge is 0.0644 e. The zero-order valence-corrected chi connectivity index (χ0v) is 12.5. The molecule has 3 atom stereocenters. The fourth-order valence-corrected chi connectivity index (χ4v) is 3.94. The van der Waals surface area contributed by atoms with Crippen LogP contribution in [0.2, 0.25) is 0 Å². The maximum atomic E-state index is 6.20. The normalized spacial score (nSPS) is 41.8. The predicted octanol–water partition coefficient (Wildman–Crippen LogP) is 2.39. The van der Waals surface area contributed by atoms with Crippen LogP contribution in [0.1, 0.15) is 53.4 Å². The summed E-state index contributed by atoms with van der Waals surface area (Å²) in [6.45, 7) is 12.0. The fraction of sp³-hybridized carbons (Fsp3) is 1.00. The van der Waals surface area contributed by atoms with Crippen LogP contribution in [0.3, 0.4) is 0 Å². The van der Waals surface area contributed by atoms with Crippen molar-refractivity contribution in [1.82, 2.24) is 4.90 Å². The number of likely N-dealkylation sites (tertiary alicyclic amines) is 1.